The number of aliphatic carboxylic acids is 1. The summed E-state index contributed by atoms with van der Waals surface area (Å²) in [5.41, 5.74) is 4.43. The molecule has 1 aliphatic heterocycles. The Morgan fingerprint density at radius 3 is 2.21 bits per heavy atom. The maximum Gasteiger partial charge on any atom is 0.410 e. The van der Waals surface area contributed by atoms with Gasteiger partial charge in [0.2, 0.25) is 5.91 Å². The molecule has 1 fully saturated rings. The molecule has 2 aliphatic rings. The third kappa shape index (κ3) is 3.55. The van der Waals surface area contributed by atoms with Gasteiger partial charge < -0.3 is 15.2 Å². The maximum atomic E-state index is 12.7. The van der Waals surface area contributed by atoms with E-state index in [1.54, 1.807) is 0 Å². The van der Waals surface area contributed by atoms with Crippen LogP contribution in [-0.4, -0.2) is 53.2 Å². The number of nitrogens with one attached hydrogen (secondary N) is 1. The van der Waals surface area contributed by atoms with E-state index in [0.29, 0.717) is 0 Å². The lowest BCUT2D eigenvalue weighted by Gasteiger charge is -2.22. The molecule has 2 aromatic carbocycles. The van der Waals surface area contributed by atoms with E-state index >= 15 is 0 Å². The quantitative estimate of drug-likeness (QED) is 0.831. The summed E-state index contributed by atoms with van der Waals surface area (Å²) in [6, 6.07) is 14.6. The molecule has 0 bridgehead atoms. The molecule has 0 saturated carbocycles. The maximum absolute atomic E-state index is 12.7. The molecule has 0 spiro atoms. The van der Waals surface area contributed by atoms with Crippen molar-refractivity contribution in [1.29, 1.82) is 0 Å². The minimum atomic E-state index is -1.11. The number of amides is 2. The standard InChI is InChI=1S/C22H22N2O5/c1-13(25)23-14-10-20(21(26)27)24(11-14)22(28)29-12-19-17-8-4-2-6-15(17)16-7-3-5-9-18(16)19/h2-9,14,19-20H,10-12H2,1H3,(H,23,25)(H,26,27)/t14-,20-/m0/s1. The number of hydrogen-bond donors (Lipinski definition) is 2. The Morgan fingerprint density at radius 1 is 1.07 bits per heavy atom. The molecule has 7 nitrogen and oxygen atoms in total. The summed E-state index contributed by atoms with van der Waals surface area (Å²) >= 11 is 0. The van der Waals surface area contributed by atoms with Gasteiger partial charge in [0.25, 0.3) is 0 Å². The van der Waals surface area contributed by atoms with Gasteiger partial charge in [0, 0.05) is 31.8 Å². The van der Waals surface area contributed by atoms with Crippen molar-refractivity contribution in [2.24, 2.45) is 0 Å². The largest absolute Gasteiger partial charge is 0.480 e. The zero-order chi connectivity index (χ0) is 20.5. The van der Waals surface area contributed by atoms with Crippen molar-refractivity contribution in [2.75, 3.05) is 13.2 Å². The SMILES string of the molecule is CC(=O)N[C@H]1C[C@@H](C(=O)O)N(C(=O)OCC2c3ccccc3-c3ccccc32)C1. The monoisotopic (exact) mass is 394 g/mol. The number of hydrogen-bond acceptors (Lipinski definition) is 4. The average Bonchev–Trinajstić information content (AvgIpc) is 3.25. The molecule has 2 amide bonds. The van der Waals surface area contributed by atoms with Crippen LogP contribution in [0.3, 0.4) is 0 Å². The molecule has 2 aromatic rings. The molecular weight excluding hydrogens is 372 g/mol. The zero-order valence-corrected chi connectivity index (χ0v) is 16.0. The number of carboxylic acid groups (broad SMARTS) is 1. The van der Waals surface area contributed by atoms with Crippen molar-refractivity contribution in [3.05, 3.63) is 59.7 Å². The normalized spacial score (nSPS) is 20.1. The molecule has 29 heavy (non-hydrogen) atoms. The van der Waals surface area contributed by atoms with Gasteiger partial charge in [0.05, 0.1) is 0 Å². The van der Waals surface area contributed by atoms with Crippen LogP contribution in [0, 0.1) is 0 Å². The molecule has 0 radical (unpaired) electrons. The third-order valence-electron chi connectivity index (χ3n) is 5.56. The van der Waals surface area contributed by atoms with Gasteiger partial charge in [-0.3, -0.25) is 9.69 Å². The number of likely N-dealkylation sites (tertiary alicyclic amines) is 1. The molecule has 1 saturated heterocycles. The average molecular weight is 394 g/mol. The van der Waals surface area contributed by atoms with E-state index in [-0.39, 0.29) is 31.4 Å². The lowest BCUT2D eigenvalue weighted by molar-refractivity contribution is -0.141. The second-order valence-electron chi connectivity index (χ2n) is 7.44. The van der Waals surface area contributed by atoms with Crippen molar-refractivity contribution < 1.29 is 24.2 Å². The highest BCUT2D eigenvalue weighted by molar-refractivity contribution is 5.82. The van der Waals surface area contributed by atoms with Crippen molar-refractivity contribution >= 4 is 18.0 Å². The Bertz CT molecular complexity index is 928. The highest BCUT2D eigenvalue weighted by atomic mass is 16.6. The predicted octanol–water partition coefficient (Wildman–Crippen LogP) is 2.60. The van der Waals surface area contributed by atoms with Gasteiger partial charge in [-0.25, -0.2) is 9.59 Å². The second kappa shape index (κ2) is 7.58. The van der Waals surface area contributed by atoms with Crippen molar-refractivity contribution in [3.8, 4) is 11.1 Å². The van der Waals surface area contributed by atoms with Crippen LogP contribution < -0.4 is 5.32 Å². The number of benzene rings is 2. The van der Waals surface area contributed by atoms with Crippen LogP contribution in [0.4, 0.5) is 4.79 Å². The van der Waals surface area contributed by atoms with Gasteiger partial charge in [-0.2, -0.15) is 0 Å². The summed E-state index contributed by atoms with van der Waals surface area (Å²) in [5, 5.41) is 12.1. The van der Waals surface area contributed by atoms with E-state index < -0.39 is 24.1 Å². The first-order valence-corrected chi connectivity index (χ1v) is 9.57. The highest BCUT2D eigenvalue weighted by Crippen LogP contribution is 2.44. The highest BCUT2D eigenvalue weighted by Gasteiger charge is 2.41. The zero-order valence-electron chi connectivity index (χ0n) is 16.0. The number of nitrogens with zero attached hydrogens (tertiary/aromatic N) is 1. The Labute approximate surface area is 168 Å². The smallest absolute Gasteiger partial charge is 0.410 e. The first-order chi connectivity index (χ1) is 14.0. The van der Waals surface area contributed by atoms with Gasteiger partial charge >= 0.3 is 12.1 Å². The number of carboxylic acids is 1. The van der Waals surface area contributed by atoms with E-state index in [4.69, 9.17) is 4.74 Å². The Balaban J connectivity index is 1.49. The summed E-state index contributed by atoms with van der Waals surface area (Å²) in [6.45, 7) is 1.61. The predicted molar refractivity (Wildman–Crippen MR) is 105 cm³/mol. The molecule has 2 N–H and O–H groups in total. The van der Waals surface area contributed by atoms with Crippen LogP contribution in [0.5, 0.6) is 0 Å². The Morgan fingerprint density at radius 2 is 1.66 bits per heavy atom. The molecule has 0 unspecified atom stereocenters. The first-order valence-electron chi connectivity index (χ1n) is 9.57. The van der Waals surface area contributed by atoms with Crippen LogP contribution >= 0.6 is 0 Å². The van der Waals surface area contributed by atoms with Gasteiger partial charge in [0.15, 0.2) is 0 Å². The van der Waals surface area contributed by atoms with Crippen LogP contribution in [0.15, 0.2) is 48.5 Å². The molecule has 150 valence electrons. The van der Waals surface area contributed by atoms with Crippen molar-refractivity contribution in [1.82, 2.24) is 10.2 Å². The van der Waals surface area contributed by atoms with E-state index in [0.717, 1.165) is 22.3 Å². The topological polar surface area (TPSA) is 95.9 Å². The minimum absolute atomic E-state index is 0.0941. The molecule has 1 aliphatic carbocycles. The van der Waals surface area contributed by atoms with E-state index in [2.05, 4.69) is 17.4 Å². The molecule has 1 heterocycles. The fourth-order valence-corrected chi connectivity index (χ4v) is 4.34. The molecule has 7 heteroatoms. The molecular formula is C22H22N2O5. The second-order valence-corrected chi connectivity index (χ2v) is 7.44. The molecule has 4 rings (SSSR count). The molecule has 2 atom stereocenters. The lowest BCUT2D eigenvalue weighted by Crippen LogP contribution is -2.42. The Hall–Kier alpha value is -3.35. The van der Waals surface area contributed by atoms with E-state index in [1.165, 1.54) is 11.8 Å². The van der Waals surface area contributed by atoms with Crippen LogP contribution in [0.1, 0.15) is 30.4 Å². The van der Waals surface area contributed by atoms with Crippen LogP contribution in [0.2, 0.25) is 0 Å². The van der Waals surface area contributed by atoms with E-state index in [1.807, 2.05) is 36.4 Å². The van der Waals surface area contributed by atoms with Gasteiger partial charge in [-0.05, 0) is 22.3 Å². The number of rotatable bonds is 4. The van der Waals surface area contributed by atoms with E-state index in [9.17, 15) is 19.5 Å². The third-order valence-corrected chi connectivity index (χ3v) is 5.56. The first kappa shape index (κ1) is 19.0. The van der Waals surface area contributed by atoms with Crippen molar-refractivity contribution in [2.45, 2.75) is 31.3 Å². The van der Waals surface area contributed by atoms with Crippen LogP contribution in [0.25, 0.3) is 11.1 Å². The van der Waals surface area contributed by atoms with Gasteiger partial charge in [-0.1, -0.05) is 48.5 Å². The summed E-state index contributed by atoms with van der Waals surface area (Å²) in [4.78, 5) is 36.8. The fourth-order valence-electron chi connectivity index (χ4n) is 4.34. The Kier molecular flexibility index (Phi) is 4.96. The number of carbonyl (C=O) groups excluding carboxylic acids is 2. The number of carbonyl (C=O) groups is 3. The summed E-state index contributed by atoms with van der Waals surface area (Å²) in [6.07, 6.45) is -0.508. The van der Waals surface area contributed by atoms with Crippen molar-refractivity contribution in [3.63, 3.8) is 0 Å². The minimum Gasteiger partial charge on any atom is -0.480 e. The lowest BCUT2D eigenvalue weighted by atomic mass is 9.98. The van der Waals surface area contributed by atoms with Crippen LogP contribution in [-0.2, 0) is 14.3 Å². The fraction of sp³-hybridized carbons (Fsp3) is 0.318. The summed E-state index contributed by atoms with van der Waals surface area (Å²) in [7, 11) is 0. The number of fused-ring (bicyclic) bond motifs is 3. The summed E-state index contributed by atoms with van der Waals surface area (Å²) in [5.74, 6) is -1.46. The van der Waals surface area contributed by atoms with Gasteiger partial charge in [-0.15, -0.1) is 0 Å². The van der Waals surface area contributed by atoms with Gasteiger partial charge in [0.1, 0.15) is 12.6 Å². The molecule has 0 aromatic heterocycles. The summed E-state index contributed by atoms with van der Waals surface area (Å²) < 4.78 is 5.57. The number of ether oxygens (including phenoxy) is 1.